The minimum absolute atomic E-state index is 0. The van der Waals surface area contributed by atoms with Crippen LogP contribution in [-0.4, -0.2) is 35.0 Å². The molecule has 0 aliphatic rings. The Labute approximate surface area is 219 Å². The number of imidazole rings is 1. The number of fused-ring (bicyclic) bond motifs is 9. The number of nitrogens with zero attached hydrogens (tertiary/aromatic N) is 5. The summed E-state index contributed by atoms with van der Waals surface area (Å²) in [7, 11) is 1.95. The standard InChI is InChI=1S/C15H10N3.C13H10N2O2.Ir/c1-10-9-18-13-7-3-2-5-11(13)14-12(15(18)17-10)6-4-8-16-14;1-15-11-5-3-2-4-8(11)9-6-10(13(16)17)14-7-12(9)15;/h2-5,7-9H,1H3;2-7H,1H3,(H,16,17);/q-1;;. The van der Waals surface area contributed by atoms with E-state index >= 15 is 0 Å². The van der Waals surface area contributed by atoms with E-state index in [1.165, 1.54) is 0 Å². The third-order valence-corrected chi connectivity index (χ3v) is 6.23. The monoisotopic (exact) mass is 651 g/mol. The molecule has 7 rings (SSSR count). The van der Waals surface area contributed by atoms with Crippen LogP contribution < -0.4 is 0 Å². The molecule has 0 fully saturated rings. The molecule has 36 heavy (non-hydrogen) atoms. The van der Waals surface area contributed by atoms with E-state index in [1.54, 1.807) is 18.5 Å². The first-order valence-corrected chi connectivity index (χ1v) is 11.1. The number of benzene rings is 2. The molecule has 0 bridgehead atoms. The smallest absolute Gasteiger partial charge is 0.354 e. The van der Waals surface area contributed by atoms with Gasteiger partial charge in [0, 0.05) is 60.8 Å². The minimum atomic E-state index is -1.00. The maximum absolute atomic E-state index is 10.9. The van der Waals surface area contributed by atoms with Crippen LogP contribution in [0.3, 0.4) is 0 Å². The number of carboxylic acid groups (broad SMARTS) is 1. The van der Waals surface area contributed by atoms with Crippen LogP contribution in [0.2, 0.25) is 0 Å². The topological polar surface area (TPSA) is 85.3 Å². The van der Waals surface area contributed by atoms with Gasteiger partial charge in [-0.25, -0.2) is 9.78 Å². The van der Waals surface area contributed by atoms with Crippen molar-refractivity contribution in [2.75, 3.05) is 0 Å². The van der Waals surface area contributed by atoms with Crippen molar-refractivity contribution < 1.29 is 30.0 Å². The Morgan fingerprint density at radius 3 is 2.44 bits per heavy atom. The minimum Gasteiger partial charge on any atom is -0.477 e. The Morgan fingerprint density at radius 1 is 0.944 bits per heavy atom. The number of para-hydroxylation sites is 2. The van der Waals surface area contributed by atoms with Gasteiger partial charge in [0.15, 0.2) is 0 Å². The van der Waals surface area contributed by atoms with Crippen molar-refractivity contribution in [3.8, 4) is 0 Å². The van der Waals surface area contributed by atoms with Crippen LogP contribution in [0.25, 0.3) is 49.3 Å². The summed E-state index contributed by atoms with van der Waals surface area (Å²) < 4.78 is 4.13. The number of hydrogen-bond donors (Lipinski definition) is 1. The third-order valence-electron chi connectivity index (χ3n) is 6.23. The first-order chi connectivity index (χ1) is 17.0. The summed E-state index contributed by atoms with van der Waals surface area (Å²) >= 11 is 0. The van der Waals surface area contributed by atoms with Gasteiger partial charge in [0.05, 0.1) is 17.4 Å². The zero-order valence-corrected chi connectivity index (χ0v) is 21.8. The van der Waals surface area contributed by atoms with Crippen molar-refractivity contribution in [2.24, 2.45) is 7.05 Å². The Hall–Kier alpha value is -4.13. The molecule has 5 heterocycles. The summed E-state index contributed by atoms with van der Waals surface area (Å²) in [6.45, 7) is 2.00. The van der Waals surface area contributed by atoms with Crippen LogP contribution in [0, 0.1) is 13.0 Å². The molecule has 0 saturated heterocycles. The normalized spacial score (nSPS) is 11.1. The number of rotatable bonds is 1. The predicted octanol–water partition coefficient (Wildman–Crippen LogP) is 5.57. The molecule has 2 aromatic carbocycles. The SMILES string of the molecule is Cc1cn2c3ccccc3c3ncc[c-]c3c2n1.Cn1c2ccccc2c2cc(C(=O)O)ncc21.[Ir]. The average molecular weight is 651 g/mol. The van der Waals surface area contributed by atoms with E-state index in [0.717, 1.165) is 55.0 Å². The molecule has 0 aliphatic heterocycles. The first kappa shape index (κ1) is 23.6. The van der Waals surface area contributed by atoms with Crippen LogP contribution in [0.1, 0.15) is 16.2 Å². The summed E-state index contributed by atoms with van der Waals surface area (Å²) in [4.78, 5) is 23.9. The second kappa shape index (κ2) is 9.15. The number of carbonyl (C=O) groups is 1. The van der Waals surface area contributed by atoms with Crippen LogP contribution in [0.15, 0.2) is 79.3 Å². The average Bonchev–Trinajstić information content (AvgIpc) is 3.42. The van der Waals surface area contributed by atoms with Gasteiger partial charge in [-0.3, -0.25) is 4.98 Å². The van der Waals surface area contributed by atoms with E-state index in [9.17, 15) is 4.79 Å². The quantitative estimate of drug-likeness (QED) is 0.186. The molecule has 0 aliphatic carbocycles. The molecule has 7 aromatic rings. The van der Waals surface area contributed by atoms with Crippen molar-refractivity contribution in [3.63, 3.8) is 0 Å². The fourth-order valence-corrected chi connectivity index (χ4v) is 4.65. The second-order valence-corrected chi connectivity index (χ2v) is 8.37. The third kappa shape index (κ3) is 3.71. The number of aromatic nitrogens is 5. The predicted molar refractivity (Wildman–Crippen MR) is 137 cm³/mol. The van der Waals surface area contributed by atoms with Crippen LogP contribution in [0.4, 0.5) is 0 Å². The summed E-state index contributed by atoms with van der Waals surface area (Å²) in [6, 6.07) is 22.9. The van der Waals surface area contributed by atoms with Crippen LogP contribution >= 0.6 is 0 Å². The van der Waals surface area contributed by atoms with E-state index in [2.05, 4.69) is 43.7 Å². The number of aryl methyl sites for hydroxylation is 2. The molecule has 0 unspecified atom stereocenters. The molecule has 8 heteroatoms. The van der Waals surface area contributed by atoms with Crippen molar-refractivity contribution in [3.05, 3.63) is 96.7 Å². The van der Waals surface area contributed by atoms with Gasteiger partial charge in [-0.1, -0.05) is 48.0 Å². The number of aromatic carboxylic acids is 1. The molecule has 1 radical (unpaired) electrons. The van der Waals surface area contributed by atoms with Crippen LogP contribution in [-0.2, 0) is 27.2 Å². The van der Waals surface area contributed by atoms with Gasteiger partial charge in [0.1, 0.15) is 5.69 Å². The molecule has 5 aromatic heterocycles. The Bertz CT molecular complexity index is 1850. The molecule has 0 amide bonds. The second-order valence-electron chi connectivity index (χ2n) is 8.37. The summed E-state index contributed by atoms with van der Waals surface area (Å²) in [6.07, 6.45) is 5.44. The maximum Gasteiger partial charge on any atom is 0.354 e. The molecule has 0 saturated carbocycles. The van der Waals surface area contributed by atoms with Crippen molar-refractivity contribution in [1.82, 2.24) is 23.9 Å². The van der Waals surface area contributed by atoms with E-state index < -0.39 is 5.97 Å². The van der Waals surface area contributed by atoms with E-state index in [1.807, 2.05) is 61.0 Å². The molecule has 179 valence electrons. The fourth-order valence-electron chi connectivity index (χ4n) is 4.65. The molecule has 0 spiro atoms. The number of hydrogen-bond acceptors (Lipinski definition) is 4. The Morgan fingerprint density at radius 2 is 1.67 bits per heavy atom. The maximum atomic E-state index is 10.9. The fraction of sp³-hybridized carbons (Fsp3) is 0.0714. The summed E-state index contributed by atoms with van der Waals surface area (Å²) in [5, 5.41) is 13.0. The van der Waals surface area contributed by atoms with Crippen LogP contribution in [0.5, 0.6) is 0 Å². The largest absolute Gasteiger partial charge is 0.477 e. The Balaban J connectivity index is 0.000000144. The van der Waals surface area contributed by atoms with Crippen molar-refractivity contribution in [2.45, 2.75) is 6.92 Å². The van der Waals surface area contributed by atoms with Crippen molar-refractivity contribution in [1.29, 1.82) is 0 Å². The van der Waals surface area contributed by atoms with Crippen molar-refractivity contribution >= 4 is 55.2 Å². The first-order valence-electron chi connectivity index (χ1n) is 11.1. The van der Waals surface area contributed by atoms with Gasteiger partial charge >= 0.3 is 5.97 Å². The molecule has 1 N–H and O–H groups in total. The molecular formula is C28H20IrN5O2-. The molecule has 7 nitrogen and oxygen atoms in total. The van der Waals surface area contributed by atoms with Gasteiger partial charge in [-0.2, -0.15) is 0 Å². The van der Waals surface area contributed by atoms with E-state index in [0.29, 0.717) is 0 Å². The zero-order chi connectivity index (χ0) is 24.1. The van der Waals surface area contributed by atoms with Gasteiger partial charge in [-0.05, 0) is 36.0 Å². The summed E-state index contributed by atoms with van der Waals surface area (Å²) in [5.74, 6) is -1.00. The Kier molecular flexibility index (Phi) is 6.00. The van der Waals surface area contributed by atoms with Gasteiger partial charge in [0.25, 0.3) is 0 Å². The number of pyridine rings is 3. The van der Waals surface area contributed by atoms with Gasteiger partial charge < -0.3 is 19.1 Å². The number of carboxylic acids is 1. The summed E-state index contributed by atoms with van der Waals surface area (Å²) in [5.41, 5.74) is 6.12. The van der Waals surface area contributed by atoms with E-state index in [-0.39, 0.29) is 25.8 Å². The van der Waals surface area contributed by atoms with E-state index in [4.69, 9.17) is 5.11 Å². The zero-order valence-electron chi connectivity index (χ0n) is 19.4. The van der Waals surface area contributed by atoms with Gasteiger partial charge in [-0.15, -0.1) is 12.1 Å². The van der Waals surface area contributed by atoms with Gasteiger partial charge in [0.2, 0.25) is 0 Å². The molecular weight excluding hydrogens is 631 g/mol. The molecule has 0 atom stereocenters.